The number of hydrogen-bond donors (Lipinski definition) is 2. The molecule has 0 radical (unpaired) electrons. The van der Waals surface area contributed by atoms with E-state index < -0.39 is 6.10 Å². The number of aromatic nitrogens is 3. The molecule has 3 N–H and O–H groups in total. The molecule has 0 aromatic carbocycles. The second-order valence-electron chi connectivity index (χ2n) is 4.37. The van der Waals surface area contributed by atoms with E-state index in [1.165, 1.54) is 12.8 Å². The predicted molar refractivity (Wildman–Crippen MR) is 56.0 cm³/mol. The van der Waals surface area contributed by atoms with Crippen LogP contribution in [0.4, 0.5) is 0 Å². The van der Waals surface area contributed by atoms with Gasteiger partial charge in [0.25, 0.3) is 0 Å². The average Bonchev–Trinajstić information content (AvgIpc) is 2.91. The topological polar surface area (TPSA) is 77.0 Å². The average molecular weight is 210 g/mol. The first-order valence-corrected chi connectivity index (χ1v) is 5.50. The van der Waals surface area contributed by atoms with Crippen LogP contribution in [0.3, 0.4) is 0 Å². The molecule has 1 fully saturated rings. The van der Waals surface area contributed by atoms with Crippen molar-refractivity contribution in [2.75, 3.05) is 0 Å². The third-order valence-corrected chi connectivity index (χ3v) is 2.73. The third kappa shape index (κ3) is 2.54. The minimum atomic E-state index is -0.393. The van der Waals surface area contributed by atoms with Crippen molar-refractivity contribution in [2.45, 2.75) is 45.4 Å². The molecule has 5 heteroatoms. The van der Waals surface area contributed by atoms with Crippen molar-refractivity contribution in [2.24, 2.45) is 11.7 Å². The SMILES string of the molecule is CC(O)Cn1nnc(CN)c1CC1CC1. The van der Waals surface area contributed by atoms with Crippen molar-refractivity contribution in [3.8, 4) is 0 Å². The van der Waals surface area contributed by atoms with Gasteiger partial charge in [-0.1, -0.05) is 5.21 Å². The summed E-state index contributed by atoms with van der Waals surface area (Å²) < 4.78 is 1.80. The Balaban J connectivity index is 2.15. The molecule has 1 saturated carbocycles. The van der Waals surface area contributed by atoms with E-state index in [1.54, 1.807) is 11.6 Å². The number of aliphatic hydroxyl groups is 1. The molecular weight excluding hydrogens is 192 g/mol. The van der Waals surface area contributed by atoms with Gasteiger partial charge >= 0.3 is 0 Å². The van der Waals surface area contributed by atoms with Crippen molar-refractivity contribution < 1.29 is 5.11 Å². The summed E-state index contributed by atoms with van der Waals surface area (Å²) in [6.07, 6.45) is 3.20. The molecule has 0 spiro atoms. The standard InChI is InChI=1S/C10H18N4O/c1-7(15)6-14-10(4-8-2-3-8)9(5-11)12-13-14/h7-8,15H,2-6,11H2,1H3. The fourth-order valence-electron chi connectivity index (χ4n) is 1.74. The Morgan fingerprint density at radius 1 is 1.60 bits per heavy atom. The lowest BCUT2D eigenvalue weighted by molar-refractivity contribution is 0.166. The maximum Gasteiger partial charge on any atom is 0.0994 e. The number of aliphatic hydroxyl groups excluding tert-OH is 1. The van der Waals surface area contributed by atoms with Crippen LogP contribution >= 0.6 is 0 Å². The number of nitrogens with two attached hydrogens (primary N) is 1. The van der Waals surface area contributed by atoms with Gasteiger partial charge in [0.15, 0.2) is 0 Å². The van der Waals surface area contributed by atoms with E-state index in [0.717, 1.165) is 23.7 Å². The molecule has 0 aliphatic heterocycles. The van der Waals surface area contributed by atoms with Gasteiger partial charge < -0.3 is 10.8 Å². The summed E-state index contributed by atoms with van der Waals surface area (Å²) in [6, 6.07) is 0. The van der Waals surface area contributed by atoms with Crippen LogP contribution < -0.4 is 5.73 Å². The van der Waals surface area contributed by atoms with Gasteiger partial charge in [0.2, 0.25) is 0 Å². The summed E-state index contributed by atoms with van der Waals surface area (Å²) in [6.45, 7) is 2.70. The van der Waals surface area contributed by atoms with Crippen molar-refractivity contribution in [3.63, 3.8) is 0 Å². The lowest BCUT2D eigenvalue weighted by Gasteiger charge is -2.08. The molecular formula is C10H18N4O. The van der Waals surface area contributed by atoms with Crippen LogP contribution in [0.2, 0.25) is 0 Å². The first-order valence-electron chi connectivity index (χ1n) is 5.50. The monoisotopic (exact) mass is 210 g/mol. The zero-order chi connectivity index (χ0) is 10.8. The predicted octanol–water partition coefficient (Wildman–Crippen LogP) is 0.0701. The molecule has 15 heavy (non-hydrogen) atoms. The van der Waals surface area contributed by atoms with Crippen LogP contribution in [-0.2, 0) is 19.5 Å². The van der Waals surface area contributed by atoms with Gasteiger partial charge in [-0.3, -0.25) is 0 Å². The Morgan fingerprint density at radius 2 is 2.33 bits per heavy atom. The van der Waals surface area contributed by atoms with Crippen LogP contribution in [0, 0.1) is 5.92 Å². The fraction of sp³-hybridized carbons (Fsp3) is 0.800. The van der Waals surface area contributed by atoms with Crippen LogP contribution in [0.5, 0.6) is 0 Å². The highest BCUT2D eigenvalue weighted by Gasteiger charge is 2.25. The lowest BCUT2D eigenvalue weighted by atomic mass is 10.2. The van der Waals surface area contributed by atoms with E-state index in [9.17, 15) is 5.11 Å². The Kier molecular flexibility index (Phi) is 3.02. The molecule has 5 nitrogen and oxygen atoms in total. The van der Waals surface area contributed by atoms with Gasteiger partial charge in [-0.25, -0.2) is 4.68 Å². The summed E-state index contributed by atoms with van der Waals surface area (Å²) in [7, 11) is 0. The summed E-state index contributed by atoms with van der Waals surface area (Å²) in [4.78, 5) is 0. The highest BCUT2D eigenvalue weighted by Crippen LogP contribution is 2.33. The van der Waals surface area contributed by atoms with Crippen molar-refractivity contribution in [3.05, 3.63) is 11.4 Å². The molecule has 1 unspecified atom stereocenters. The molecule has 1 aromatic heterocycles. The maximum atomic E-state index is 9.34. The molecule has 0 saturated heterocycles. The fourth-order valence-corrected chi connectivity index (χ4v) is 1.74. The van der Waals surface area contributed by atoms with Gasteiger partial charge in [0.05, 0.1) is 24.0 Å². The van der Waals surface area contributed by atoms with E-state index in [4.69, 9.17) is 5.73 Å². The quantitative estimate of drug-likeness (QED) is 0.721. The van der Waals surface area contributed by atoms with Crippen LogP contribution in [0.15, 0.2) is 0 Å². The maximum absolute atomic E-state index is 9.34. The van der Waals surface area contributed by atoms with Crippen molar-refractivity contribution in [1.82, 2.24) is 15.0 Å². The van der Waals surface area contributed by atoms with E-state index in [1.807, 2.05) is 0 Å². The van der Waals surface area contributed by atoms with Gasteiger partial charge in [-0.2, -0.15) is 0 Å². The first kappa shape index (κ1) is 10.6. The molecule has 0 bridgehead atoms. The minimum Gasteiger partial charge on any atom is -0.391 e. The van der Waals surface area contributed by atoms with E-state index in [0.29, 0.717) is 13.1 Å². The highest BCUT2D eigenvalue weighted by atomic mass is 16.3. The molecule has 1 aromatic rings. The number of nitrogens with zero attached hydrogens (tertiary/aromatic N) is 3. The van der Waals surface area contributed by atoms with Crippen molar-refractivity contribution in [1.29, 1.82) is 0 Å². The van der Waals surface area contributed by atoms with Gasteiger partial charge in [-0.05, 0) is 32.1 Å². The second kappa shape index (κ2) is 4.28. The van der Waals surface area contributed by atoms with Gasteiger partial charge in [-0.15, -0.1) is 5.10 Å². The van der Waals surface area contributed by atoms with Gasteiger partial charge in [0, 0.05) is 6.54 Å². The molecule has 1 atom stereocenters. The van der Waals surface area contributed by atoms with Crippen LogP contribution in [0.25, 0.3) is 0 Å². The summed E-state index contributed by atoms with van der Waals surface area (Å²) in [5.74, 6) is 0.779. The number of hydrogen-bond acceptors (Lipinski definition) is 4. The summed E-state index contributed by atoms with van der Waals surface area (Å²) in [5, 5.41) is 17.4. The second-order valence-corrected chi connectivity index (χ2v) is 4.37. The molecule has 2 rings (SSSR count). The minimum absolute atomic E-state index is 0.393. The Morgan fingerprint density at radius 3 is 2.87 bits per heavy atom. The van der Waals surface area contributed by atoms with E-state index in [-0.39, 0.29) is 0 Å². The number of rotatable bonds is 5. The molecule has 1 aliphatic carbocycles. The Labute approximate surface area is 89.3 Å². The Bertz CT molecular complexity index is 330. The zero-order valence-corrected chi connectivity index (χ0v) is 9.06. The summed E-state index contributed by atoms with van der Waals surface area (Å²) >= 11 is 0. The highest BCUT2D eigenvalue weighted by molar-refractivity contribution is 5.12. The summed E-state index contributed by atoms with van der Waals surface area (Å²) in [5.41, 5.74) is 7.60. The molecule has 0 amide bonds. The van der Waals surface area contributed by atoms with Crippen molar-refractivity contribution >= 4 is 0 Å². The largest absolute Gasteiger partial charge is 0.391 e. The van der Waals surface area contributed by atoms with E-state index in [2.05, 4.69) is 10.3 Å². The Hall–Kier alpha value is -0.940. The molecule has 1 heterocycles. The smallest absolute Gasteiger partial charge is 0.0994 e. The van der Waals surface area contributed by atoms with E-state index >= 15 is 0 Å². The zero-order valence-electron chi connectivity index (χ0n) is 9.06. The first-order chi connectivity index (χ1) is 7.20. The van der Waals surface area contributed by atoms with Gasteiger partial charge in [0.1, 0.15) is 0 Å². The third-order valence-electron chi connectivity index (χ3n) is 2.73. The normalized spacial score (nSPS) is 18.1. The van der Waals surface area contributed by atoms with Crippen LogP contribution in [-0.4, -0.2) is 26.2 Å². The molecule has 1 aliphatic rings. The van der Waals surface area contributed by atoms with Crippen LogP contribution in [0.1, 0.15) is 31.2 Å². The lowest BCUT2D eigenvalue weighted by Crippen LogP contribution is -2.16. The molecule has 84 valence electrons.